The molecule has 0 aliphatic carbocycles. The fourth-order valence-corrected chi connectivity index (χ4v) is 1.02. The van der Waals surface area contributed by atoms with Crippen LogP contribution in [0.5, 0.6) is 0 Å². The molecule has 0 amide bonds. The fourth-order valence-electron chi connectivity index (χ4n) is 1.02. The summed E-state index contributed by atoms with van der Waals surface area (Å²) in [5.74, 6) is 6.54. The first-order chi connectivity index (χ1) is 6.77. The van der Waals surface area contributed by atoms with Gasteiger partial charge in [-0.2, -0.15) is 0 Å². The van der Waals surface area contributed by atoms with Crippen LogP contribution in [-0.4, -0.2) is 26.3 Å². The smallest absolute Gasteiger partial charge is 0.0489 e. The third-order valence-electron chi connectivity index (χ3n) is 1.70. The lowest BCUT2D eigenvalue weighted by molar-refractivity contribution is 0.108. The summed E-state index contributed by atoms with van der Waals surface area (Å²) in [5.41, 5.74) is 0. The van der Waals surface area contributed by atoms with Gasteiger partial charge in [-0.15, -0.1) is 11.8 Å². The quantitative estimate of drug-likeness (QED) is 0.475. The Hall–Kier alpha value is -0.520. The standard InChI is InChI=1S/C12H23NO/c1-4-5-6-8-13-9-7-10-14-11-12(2)3/h12-13H,6-11H2,1-3H3. The summed E-state index contributed by atoms with van der Waals surface area (Å²) in [6.07, 6.45) is 2.04. The summed E-state index contributed by atoms with van der Waals surface area (Å²) < 4.78 is 5.45. The van der Waals surface area contributed by atoms with Gasteiger partial charge in [0.1, 0.15) is 0 Å². The Bertz CT molecular complexity index is 167. The predicted molar refractivity (Wildman–Crippen MR) is 61.2 cm³/mol. The monoisotopic (exact) mass is 197 g/mol. The third kappa shape index (κ3) is 11.5. The zero-order valence-electron chi connectivity index (χ0n) is 9.73. The number of rotatable bonds is 8. The zero-order valence-corrected chi connectivity index (χ0v) is 9.73. The minimum absolute atomic E-state index is 0.641. The molecule has 1 N–H and O–H groups in total. The van der Waals surface area contributed by atoms with Crippen LogP contribution < -0.4 is 5.32 Å². The molecule has 0 aromatic rings. The van der Waals surface area contributed by atoms with Gasteiger partial charge >= 0.3 is 0 Å². The van der Waals surface area contributed by atoms with Crippen LogP contribution in [0.4, 0.5) is 0 Å². The summed E-state index contributed by atoms with van der Waals surface area (Å²) in [4.78, 5) is 0. The zero-order chi connectivity index (χ0) is 10.6. The Kier molecular flexibility index (Phi) is 10.2. The Balaban J connectivity index is 2.94. The van der Waals surface area contributed by atoms with Crippen molar-refractivity contribution in [1.82, 2.24) is 5.32 Å². The largest absolute Gasteiger partial charge is 0.381 e. The molecular weight excluding hydrogens is 174 g/mol. The van der Waals surface area contributed by atoms with E-state index in [0.29, 0.717) is 5.92 Å². The fraction of sp³-hybridized carbons (Fsp3) is 0.833. The molecule has 2 nitrogen and oxygen atoms in total. The van der Waals surface area contributed by atoms with Gasteiger partial charge in [0.25, 0.3) is 0 Å². The number of nitrogens with one attached hydrogen (secondary N) is 1. The lowest BCUT2D eigenvalue weighted by Crippen LogP contribution is -2.18. The third-order valence-corrected chi connectivity index (χ3v) is 1.70. The summed E-state index contributed by atoms with van der Waals surface area (Å²) in [6, 6.07) is 0. The molecule has 0 aliphatic heterocycles. The van der Waals surface area contributed by atoms with Gasteiger partial charge in [-0.25, -0.2) is 0 Å². The van der Waals surface area contributed by atoms with Crippen molar-refractivity contribution in [3.8, 4) is 11.8 Å². The van der Waals surface area contributed by atoms with E-state index in [1.165, 1.54) is 0 Å². The van der Waals surface area contributed by atoms with Crippen molar-refractivity contribution >= 4 is 0 Å². The van der Waals surface area contributed by atoms with Crippen molar-refractivity contribution in [1.29, 1.82) is 0 Å². The highest BCUT2D eigenvalue weighted by Gasteiger charge is 1.93. The van der Waals surface area contributed by atoms with Gasteiger partial charge in [0.2, 0.25) is 0 Å². The Labute approximate surface area is 88.4 Å². The molecule has 2 heteroatoms. The Morgan fingerprint density at radius 1 is 1.29 bits per heavy atom. The van der Waals surface area contributed by atoms with Crippen LogP contribution in [0.25, 0.3) is 0 Å². The number of hydrogen-bond acceptors (Lipinski definition) is 2. The molecule has 0 fully saturated rings. The second kappa shape index (κ2) is 10.6. The molecule has 0 saturated carbocycles. The van der Waals surface area contributed by atoms with Gasteiger partial charge in [0.15, 0.2) is 0 Å². The van der Waals surface area contributed by atoms with Crippen molar-refractivity contribution in [2.24, 2.45) is 5.92 Å². The molecule has 0 spiro atoms. The average Bonchev–Trinajstić information content (AvgIpc) is 2.15. The van der Waals surface area contributed by atoms with Crippen LogP contribution in [-0.2, 0) is 4.74 Å². The first-order valence-electron chi connectivity index (χ1n) is 5.45. The average molecular weight is 197 g/mol. The first kappa shape index (κ1) is 13.5. The molecule has 82 valence electrons. The molecule has 0 aromatic carbocycles. The highest BCUT2D eigenvalue weighted by molar-refractivity contribution is 4.94. The van der Waals surface area contributed by atoms with E-state index in [-0.39, 0.29) is 0 Å². The topological polar surface area (TPSA) is 21.3 Å². The van der Waals surface area contributed by atoms with Gasteiger partial charge < -0.3 is 10.1 Å². The summed E-state index contributed by atoms with van der Waals surface area (Å²) in [6.45, 7) is 9.98. The molecular formula is C12H23NO. The lowest BCUT2D eigenvalue weighted by atomic mass is 10.2. The van der Waals surface area contributed by atoms with E-state index in [1.807, 2.05) is 6.92 Å². The van der Waals surface area contributed by atoms with Crippen molar-refractivity contribution < 1.29 is 4.74 Å². The van der Waals surface area contributed by atoms with E-state index < -0.39 is 0 Å². The van der Waals surface area contributed by atoms with Crippen LogP contribution in [0, 0.1) is 17.8 Å². The van der Waals surface area contributed by atoms with Crippen LogP contribution in [0.15, 0.2) is 0 Å². The SMILES string of the molecule is CC#CCCNCCCOCC(C)C. The normalized spacial score (nSPS) is 10.0. The Morgan fingerprint density at radius 3 is 2.71 bits per heavy atom. The van der Waals surface area contributed by atoms with Crippen LogP contribution >= 0.6 is 0 Å². The van der Waals surface area contributed by atoms with Gasteiger partial charge in [-0.05, 0) is 25.8 Å². The first-order valence-corrected chi connectivity index (χ1v) is 5.45. The number of ether oxygens (including phenoxy) is 1. The maximum Gasteiger partial charge on any atom is 0.0489 e. The summed E-state index contributed by atoms with van der Waals surface area (Å²) >= 11 is 0. The van der Waals surface area contributed by atoms with Crippen molar-refractivity contribution in [3.63, 3.8) is 0 Å². The minimum atomic E-state index is 0.641. The van der Waals surface area contributed by atoms with Crippen molar-refractivity contribution in [2.75, 3.05) is 26.3 Å². The minimum Gasteiger partial charge on any atom is -0.381 e. The molecule has 0 heterocycles. The second-order valence-electron chi connectivity index (χ2n) is 3.75. The molecule has 0 saturated heterocycles. The highest BCUT2D eigenvalue weighted by atomic mass is 16.5. The van der Waals surface area contributed by atoms with E-state index in [1.54, 1.807) is 0 Å². The molecule has 0 atom stereocenters. The molecule has 0 unspecified atom stereocenters. The van der Waals surface area contributed by atoms with Gasteiger partial charge in [0.05, 0.1) is 0 Å². The summed E-state index contributed by atoms with van der Waals surface area (Å²) in [7, 11) is 0. The predicted octanol–water partition coefficient (Wildman–Crippen LogP) is 2.05. The van der Waals surface area contributed by atoms with Crippen LogP contribution in [0.3, 0.4) is 0 Å². The second-order valence-corrected chi connectivity index (χ2v) is 3.75. The molecule has 0 aliphatic rings. The molecule has 0 radical (unpaired) electrons. The van der Waals surface area contributed by atoms with E-state index >= 15 is 0 Å². The number of hydrogen-bond donors (Lipinski definition) is 1. The van der Waals surface area contributed by atoms with E-state index in [9.17, 15) is 0 Å². The molecule has 0 rings (SSSR count). The van der Waals surface area contributed by atoms with E-state index in [4.69, 9.17) is 4.74 Å². The van der Waals surface area contributed by atoms with Gasteiger partial charge in [0, 0.05) is 26.2 Å². The van der Waals surface area contributed by atoms with Crippen molar-refractivity contribution in [2.45, 2.75) is 33.6 Å². The lowest BCUT2D eigenvalue weighted by Gasteiger charge is -2.06. The maximum absolute atomic E-state index is 5.45. The van der Waals surface area contributed by atoms with E-state index in [2.05, 4.69) is 31.0 Å². The highest BCUT2D eigenvalue weighted by Crippen LogP contribution is 1.92. The Morgan fingerprint density at radius 2 is 2.07 bits per heavy atom. The molecule has 0 bridgehead atoms. The molecule has 0 aromatic heterocycles. The van der Waals surface area contributed by atoms with Crippen molar-refractivity contribution in [3.05, 3.63) is 0 Å². The van der Waals surface area contributed by atoms with E-state index in [0.717, 1.165) is 39.1 Å². The maximum atomic E-state index is 5.45. The molecule has 14 heavy (non-hydrogen) atoms. The van der Waals surface area contributed by atoms with Gasteiger partial charge in [-0.1, -0.05) is 13.8 Å². The van der Waals surface area contributed by atoms with Gasteiger partial charge in [-0.3, -0.25) is 0 Å². The summed E-state index contributed by atoms with van der Waals surface area (Å²) in [5, 5.41) is 3.33. The van der Waals surface area contributed by atoms with Crippen LogP contribution in [0.2, 0.25) is 0 Å². The van der Waals surface area contributed by atoms with Crippen LogP contribution in [0.1, 0.15) is 33.6 Å².